The molecule has 21 heavy (non-hydrogen) atoms. The van der Waals surface area contributed by atoms with E-state index in [1.807, 2.05) is 25.1 Å². The molecule has 0 radical (unpaired) electrons. The minimum atomic E-state index is -0.164. The summed E-state index contributed by atoms with van der Waals surface area (Å²) < 4.78 is 17.9. The van der Waals surface area contributed by atoms with Crippen molar-refractivity contribution in [1.82, 2.24) is 9.55 Å². The second-order valence-corrected chi connectivity index (χ2v) is 5.35. The quantitative estimate of drug-likeness (QED) is 0.555. The Labute approximate surface area is 129 Å². The second-order valence-electron chi connectivity index (χ2n) is 4.70. The molecule has 0 aliphatic rings. The van der Waals surface area contributed by atoms with Gasteiger partial charge in [-0.15, -0.1) is 11.6 Å². The molecule has 6 heteroatoms. The first-order valence-corrected chi connectivity index (χ1v) is 7.36. The van der Waals surface area contributed by atoms with Gasteiger partial charge < -0.3 is 18.8 Å². The Balaban J connectivity index is 2.22. The number of methoxy groups -OCH3 is 2. The summed E-state index contributed by atoms with van der Waals surface area (Å²) in [5, 5.41) is -0.164. The Morgan fingerprint density at radius 2 is 2.05 bits per heavy atom. The minimum Gasteiger partial charge on any atom is -0.497 e. The van der Waals surface area contributed by atoms with Crippen molar-refractivity contribution >= 4 is 22.6 Å². The third kappa shape index (κ3) is 3.87. The van der Waals surface area contributed by atoms with Gasteiger partial charge in [-0.1, -0.05) is 0 Å². The summed E-state index contributed by atoms with van der Waals surface area (Å²) in [6.45, 7) is 4.38. The summed E-state index contributed by atoms with van der Waals surface area (Å²) in [5.41, 5.74) is 1.92. The van der Waals surface area contributed by atoms with Crippen LogP contribution in [-0.2, 0) is 16.0 Å². The van der Waals surface area contributed by atoms with Gasteiger partial charge in [0.2, 0.25) is 0 Å². The molecule has 1 aromatic carbocycles. The second kappa shape index (κ2) is 7.64. The van der Waals surface area contributed by atoms with Crippen LogP contribution in [0.2, 0.25) is 0 Å². The van der Waals surface area contributed by atoms with Gasteiger partial charge in [0.15, 0.2) is 0 Å². The summed E-state index contributed by atoms with van der Waals surface area (Å²) in [5.74, 6) is 1.65. The van der Waals surface area contributed by atoms with Gasteiger partial charge in [-0.25, -0.2) is 4.98 Å². The topological polar surface area (TPSA) is 45.5 Å². The Hall–Kier alpha value is -1.30. The Kier molecular flexibility index (Phi) is 5.85. The number of aromatic nitrogens is 2. The van der Waals surface area contributed by atoms with Crippen LogP contribution in [0.25, 0.3) is 11.0 Å². The van der Waals surface area contributed by atoms with Gasteiger partial charge in [0, 0.05) is 19.7 Å². The molecule has 1 aromatic heterocycles. The van der Waals surface area contributed by atoms with Crippen molar-refractivity contribution in [2.45, 2.75) is 18.8 Å². The lowest BCUT2D eigenvalue weighted by Crippen LogP contribution is -2.12. The van der Waals surface area contributed by atoms with Crippen molar-refractivity contribution in [2.24, 2.45) is 0 Å². The van der Waals surface area contributed by atoms with Crippen molar-refractivity contribution in [3.63, 3.8) is 0 Å². The van der Waals surface area contributed by atoms with Crippen LogP contribution in [-0.4, -0.2) is 43.6 Å². The highest BCUT2D eigenvalue weighted by atomic mass is 35.5. The Bertz CT molecular complexity index is 584. The molecule has 0 aliphatic carbocycles. The molecule has 1 atom stereocenters. The fourth-order valence-electron chi connectivity index (χ4n) is 2.19. The molecule has 0 saturated heterocycles. The summed E-state index contributed by atoms with van der Waals surface area (Å²) in [7, 11) is 3.31. The maximum absolute atomic E-state index is 6.24. The molecular formula is C15H21ClN2O3. The average molecular weight is 313 g/mol. The predicted octanol–water partition coefficient (Wildman–Crippen LogP) is 3.01. The van der Waals surface area contributed by atoms with E-state index < -0.39 is 0 Å². The SMILES string of the molecule is COCCOCCn1c(C(C)Cl)nc2ccc(OC)cc21. The first-order valence-electron chi connectivity index (χ1n) is 6.92. The van der Waals surface area contributed by atoms with Gasteiger partial charge in [-0.2, -0.15) is 0 Å². The minimum absolute atomic E-state index is 0.164. The van der Waals surface area contributed by atoms with Crippen LogP contribution in [0.4, 0.5) is 0 Å². The van der Waals surface area contributed by atoms with Crippen molar-refractivity contribution in [3.8, 4) is 5.75 Å². The molecule has 0 bridgehead atoms. The molecule has 2 rings (SSSR count). The number of halogens is 1. The lowest BCUT2D eigenvalue weighted by atomic mass is 10.3. The third-order valence-corrected chi connectivity index (χ3v) is 3.43. The zero-order valence-electron chi connectivity index (χ0n) is 12.6. The largest absolute Gasteiger partial charge is 0.497 e. The van der Waals surface area contributed by atoms with Crippen LogP contribution in [0.5, 0.6) is 5.75 Å². The van der Waals surface area contributed by atoms with Crippen LogP contribution in [0, 0.1) is 0 Å². The molecule has 116 valence electrons. The maximum atomic E-state index is 6.24. The number of alkyl halides is 1. The van der Waals surface area contributed by atoms with E-state index in [0.29, 0.717) is 26.4 Å². The van der Waals surface area contributed by atoms with Gasteiger partial charge in [-0.05, 0) is 19.1 Å². The predicted molar refractivity (Wildman–Crippen MR) is 83.2 cm³/mol. The van der Waals surface area contributed by atoms with E-state index in [-0.39, 0.29) is 5.38 Å². The zero-order valence-corrected chi connectivity index (χ0v) is 13.4. The molecule has 0 saturated carbocycles. The molecule has 5 nitrogen and oxygen atoms in total. The summed E-state index contributed by atoms with van der Waals surface area (Å²) in [6.07, 6.45) is 0. The normalized spacial score (nSPS) is 12.8. The van der Waals surface area contributed by atoms with Crippen LogP contribution in [0.3, 0.4) is 0 Å². The van der Waals surface area contributed by atoms with E-state index in [1.165, 1.54) is 0 Å². The molecule has 0 spiro atoms. The number of nitrogens with zero attached hydrogens (tertiary/aromatic N) is 2. The number of fused-ring (bicyclic) bond motifs is 1. The molecule has 0 fully saturated rings. The molecule has 0 N–H and O–H groups in total. The Morgan fingerprint density at radius 3 is 2.71 bits per heavy atom. The Morgan fingerprint density at radius 1 is 1.24 bits per heavy atom. The first kappa shape index (κ1) is 16.1. The fourth-order valence-corrected chi connectivity index (χ4v) is 2.35. The van der Waals surface area contributed by atoms with Crippen molar-refractivity contribution < 1.29 is 14.2 Å². The van der Waals surface area contributed by atoms with Crippen LogP contribution < -0.4 is 4.74 Å². The van der Waals surface area contributed by atoms with Crippen LogP contribution >= 0.6 is 11.6 Å². The number of ether oxygens (including phenoxy) is 3. The van der Waals surface area contributed by atoms with Gasteiger partial charge in [0.25, 0.3) is 0 Å². The van der Waals surface area contributed by atoms with Gasteiger partial charge in [-0.3, -0.25) is 0 Å². The number of imidazole rings is 1. The molecule has 1 heterocycles. The molecule has 0 amide bonds. The van der Waals surface area contributed by atoms with Crippen molar-refractivity contribution in [1.29, 1.82) is 0 Å². The summed E-state index contributed by atoms with van der Waals surface area (Å²) in [4.78, 5) is 4.60. The van der Waals surface area contributed by atoms with Gasteiger partial charge in [0.05, 0.1) is 43.3 Å². The summed E-state index contributed by atoms with van der Waals surface area (Å²) in [6, 6.07) is 5.82. The standard InChI is InChI=1S/C15H21ClN2O3/c1-11(16)15-17-13-5-4-12(20-3)10-14(13)18(15)6-7-21-9-8-19-2/h4-5,10-11H,6-9H2,1-3H3. The zero-order chi connectivity index (χ0) is 15.2. The van der Waals surface area contributed by atoms with E-state index >= 15 is 0 Å². The lowest BCUT2D eigenvalue weighted by molar-refractivity contribution is 0.0667. The molecule has 1 unspecified atom stereocenters. The monoisotopic (exact) mass is 312 g/mol. The van der Waals surface area contributed by atoms with Crippen LogP contribution in [0.15, 0.2) is 18.2 Å². The van der Waals surface area contributed by atoms with E-state index in [0.717, 1.165) is 22.6 Å². The highest BCUT2D eigenvalue weighted by Gasteiger charge is 2.15. The van der Waals surface area contributed by atoms with Gasteiger partial charge in [0.1, 0.15) is 11.6 Å². The fraction of sp³-hybridized carbons (Fsp3) is 0.533. The first-order chi connectivity index (χ1) is 10.2. The van der Waals surface area contributed by atoms with E-state index in [1.54, 1.807) is 14.2 Å². The van der Waals surface area contributed by atoms with E-state index in [9.17, 15) is 0 Å². The average Bonchev–Trinajstić information content (AvgIpc) is 2.85. The smallest absolute Gasteiger partial charge is 0.127 e. The molecule has 2 aromatic rings. The highest BCUT2D eigenvalue weighted by Crippen LogP contribution is 2.27. The lowest BCUT2D eigenvalue weighted by Gasteiger charge is -2.11. The maximum Gasteiger partial charge on any atom is 0.127 e. The molecular weight excluding hydrogens is 292 g/mol. The van der Waals surface area contributed by atoms with E-state index in [2.05, 4.69) is 9.55 Å². The number of hydrogen-bond acceptors (Lipinski definition) is 4. The van der Waals surface area contributed by atoms with Crippen molar-refractivity contribution in [2.75, 3.05) is 34.0 Å². The highest BCUT2D eigenvalue weighted by molar-refractivity contribution is 6.20. The number of benzene rings is 1. The number of hydrogen-bond donors (Lipinski definition) is 0. The van der Waals surface area contributed by atoms with Crippen molar-refractivity contribution in [3.05, 3.63) is 24.0 Å². The molecule has 0 aliphatic heterocycles. The third-order valence-electron chi connectivity index (χ3n) is 3.23. The van der Waals surface area contributed by atoms with E-state index in [4.69, 9.17) is 25.8 Å². The summed E-state index contributed by atoms with van der Waals surface area (Å²) >= 11 is 6.24. The van der Waals surface area contributed by atoms with Crippen LogP contribution in [0.1, 0.15) is 18.1 Å². The van der Waals surface area contributed by atoms with Gasteiger partial charge >= 0.3 is 0 Å². The number of rotatable bonds is 8.